The average Bonchev–Trinajstić information content (AvgIpc) is 2.49. The Hall–Kier alpha value is -1.37. The highest BCUT2D eigenvalue weighted by Crippen LogP contribution is 2.34. The second kappa shape index (κ2) is 6.18. The van der Waals surface area contributed by atoms with E-state index in [1.165, 1.54) is 5.56 Å². The van der Waals surface area contributed by atoms with Crippen molar-refractivity contribution in [3.8, 4) is 6.07 Å². The molecule has 0 amide bonds. The zero-order valence-electron chi connectivity index (χ0n) is 11.7. The molecule has 0 aliphatic carbocycles. The lowest BCUT2D eigenvalue weighted by atomic mass is 9.74. The van der Waals surface area contributed by atoms with E-state index in [-0.39, 0.29) is 5.41 Å². The Morgan fingerprint density at radius 2 is 1.95 bits per heavy atom. The summed E-state index contributed by atoms with van der Waals surface area (Å²) >= 11 is 0. The van der Waals surface area contributed by atoms with Crippen molar-refractivity contribution in [3.63, 3.8) is 0 Å². The van der Waals surface area contributed by atoms with E-state index in [0.29, 0.717) is 5.92 Å². The van der Waals surface area contributed by atoms with Gasteiger partial charge in [0.05, 0.1) is 11.5 Å². The van der Waals surface area contributed by atoms with Gasteiger partial charge in [-0.3, -0.25) is 0 Å². The van der Waals surface area contributed by atoms with Crippen LogP contribution in [0.25, 0.3) is 0 Å². The van der Waals surface area contributed by atoms with Crippen LogP contribution >= 0.6 is 0 Å². The summed E-state index contributed by atoms with van der Waals surface area (Å²) in [6, 6.07) is 12.8. The van der Waals surface area contributed by atoms with E-state index in [1.54, 1.807) is 0 Å². The molecule has 1 unspecified atom stereocenters. The molecule has 0 saturated carbocycles. The van der Waals surface area contributed by atoms with Crippen molar-refractivity contribution in [2.75, 3.05) is 26.2 Å². The van der Waals surface area contributed by atoms with Gasteiger partial charge in [0.1, 0.15) is 0 Å². The van der Waals surface area contributed by atoms with Gasteiger partial charge in [0.2, 0.25) is 0 Å². The third-order valence-electron chi connectivity index (χ3n) is 4.22. The highest BCUT2D eigenvalue weighted by molar-refractivity contribution is 5.33. The van der Waals surface area contributed by atoms with Crippen molar-refractivity contribution < 1.29 is 0 Å². The maximum Gasteiger partial charge on any atom is 0.0846 e. The molecular weight excluding hydrogens is 234 g/mol. The maximum absolute atomic E-state index is 9.62. The van der Waals surface area contributed by atoms with Crippen LogP contribution in [0.1, 0.15) is 25.3 Å². The molecule has 2 rings (SSSR count). The van der Waals surface area contributed by atoms with Crippen molar-refractivity contribution in [3.05, 3.63) is 35.9 Å². The molecule has 1 aromatic carbocycles. The van der Waals surface area contributed by atoms with Crippen LogP contribution in [-0.2, 0) is 5.41 Å². The minimum absolute atomic E-state index is 0.288. The van der Waals surface area contributed by atoms with Gasteiger partial charge < -0.3 is 10.6 Å². The zero-order valence-corrected chi connectivity index (χ0v) is 11.7. The van der Waals surface area contributed by atoms with Gasteiger partial charge in [-0.1, -0.05) is 37.3 Å². The fourth-order valence-corrected chi connectivity index (χ4v) is 2.85. The molecule has 0 radical (unpaired) electrons. The molecule has 1 fully saturated rings. The van der Waals surface area contributed by atoms with E-state index in [1.807, 2.05) is 18.2 Å². The molecule has 1 saturated heterocycles. The lowest BCUT2D eigenvalue weighted by molar-refractivity contribution is 0.167. The van der Waals surface area contributed by atoms with Crippen molar-refractivity contribution in [2.45, 2.75) is 25.2 Å². The second-order valence-electron chi connectivity index (χ2n) is 5.70. The molecule has 1 aliphatic rings. The summed E-state index contributed by atoms with van der Waals surface area (Å²) in [6.45, 7) is 5.95. The monoisotopic (exact) mass is 257 g/mol. The highest BCUT2D eigenvalue weighted by Gasteiger charge is 2.36. The quantitative estimate of drug-likeness (QED) is 0.899. The molecular formula is C16H23N3. The largest absolute Gasteiger partial charge is 0.330 e. The first-order valence-corrected chi connectivity index (χ1v) is 7.09. The van der Waals surface area contributed by atoms with E-state index in [0.717, 1.165) is 39.0 Å². The first-order valence-electron chi connectivity index (χ1n) is 7.09. The van der Waals surface area contributed by atoms with Crippen LogP contribution in [0.3, 0.4) is 0 Å². The summed E-state index contributed by atoms with van der Waals surface area (Å²) in [5, 5.41) is 9.62. The first-order chi connectivity index (χ1) is 9.20. The number of likely N-dealkylation sites (tertiary alicyclic amines) is 1. The Bertz CT molecular complexity index is 427. The maximum atomic E-state index is 9.62. The molecule has 0 bridgehead atoms. The van der Waals surface area contributed by atoms with Crippen LogP contribution in [0.5, 0.6) is 0 Å². The molecule has 1 aliphatic heterocycles. The minimum atomic E-state index is -0.288. The predicted molar refractivity (Wildman–Crippen MR) is 77.6 cm³/mol. The Labute approximate surface area is 116 Å². The molecule has 1 atom stereocenters. The summed E-state index contributed by atoms with van der Waals surface area (Å²) in [4.78, 5) is 2.44. The van der Waals surface area contributed by atoms with Crippen molar-refractivity contribution in [1.29, 1.82) is 5.26 Å². The standard InChI is InChI=1S/C16H23N3/c1-14(11-17)12-19-9-7-16(13-18,8-10-19)15-5-3-2-4-6-15/h2-6,14H,7-12,17H2,1H3. The average molecular weight is 257 g/mol. The summed E-state index contributed by atoms with van der Waals surface area (Å²) in [5.41, 5.74) is 6.56. The van der Waals surface area contributed by atoms with Crippen molar-refractivity contribution in [1.82, 2.24) is 4.90 Å². The molecule has 102 valence electrons. The van der Waals surface area contributed by atoms with Crippen molar-refractivity contribution >= 4 is 0 Å². The highest BCUT2D eigenvalue weighted by atomic mass is 15.1. The van der Waals surface area contributed by atoms with Gasteiger partial charge in [-0.15, -0.1) is 0 Å². The smallest absolute Gasteiger partial charge is 0.0846 e. The van der Waals surface area contributed by atoms with Gasteiger partial charge in [0.15, 0.2) is 0 Å². The van der Waals surface area contributed by atoms with E-state index in [2.05, 4.69) is 30.0 Å². The molecule has 3 heteroatoms. The van der Waals surface area contributed by atoms with E-state index in [9.17, 15) is 5.26 Å². The van der Waals surface area contributed by atoms with E-state index < -0.39 is 0 Å². The summed E-state index contributed by atoms with van der Waals surface area (Å²) < 4.78 is 0. The van der Waals surface area contributed by atoms with Gasteiger partial charge in [-0.25, -0.2) is 0 Å². The Balaban J connectivity index is 2.03. The number of nitrogens with two attached hydrogens (primary N) is 1. The Morgan fingerprint density at radius 1 is 1.32 bits per heavy atom. The summed E-state index contributed by atoms with van der Waals surface area (Å²) in [7, 11) is 0. The van der Waals surface area contributed by atoms with Crippen LogP contribution in [0.15, 0.2) is 30.3 Å². The van der Waals surface area contributed by atoms with Gasteiger partial charge >= 0.3 is 0 Å². The van der Waals surface area contributed by atoms with Crippen LogP contribution in [0.2, 0.25) is 0 Å². The zero-order chi connectivity index (χ0) is 13.7. The molecule has 1 heterocycles. The fourth-order valence-electron chi connectivity index (χ4n) is 2.85. The molecule has 3 nitrogen and oxygen atoms in total. The fraction of sp³-hybridized carbons (Fsp3) is 0.562. The van der Waals surface area contributed by atoms with E-state index >= 15 is 0 Å². The SMILES string of the molecule is CC(CN)CN1CCC(C#N)(c2ccccc2)CC1. The number of nitrogens with zero attached hydrogens (tertiary/aromatic N) is 2. The number of hydrogen-bond donors (Lipinski definition) is 1. The normalized spacial score (nSPS) is 20.7. The number of piperidine rings is 1. The Morgan fingerprint density at radius 3 is 2.47 bits per heavy atom. The Kier molecular flexibility index (Phi) is 4.57. The molecule has 0 aromatic heterocycles. The summed E-state index contributed by atoms with van der Waals surface area (Å²) in [5.74, 6) is 0.534. The lowest BCUT2D eigenvalue weighted by Gasteiger charge is -2.38. The topological polar surface area (TPSA) is 53.0 Å². The molecule has 19 heavy (non-hydrogen) atoms. The van der Waals surface area contributed by atoms with Gasteiger partial charge in [0.25, 0.3) is 0 Å². The predicted octanol–water partition coefficient (Wildman–Crippen LogP) is 2.14. The third-order valence-corrected chi connectivity index (χ3v) is 4.22. The minimum Gasteiger partial charge on any atom is -0.330 e. The third kappa shape index (κ3) is 3.15. The number of benzene rings is 1. The number of hydrogen-bond acceptors (Lipinski definition) is 3. The molecule has 0 spiro atoms. The molecule has 2 N–H and O–H groups in total. The molecule has 1 aromatic rings. The lowest BCUT2D eigenvalue weighted by Crippen LogP contribution is -2.44. The summed E-state index contributed by atoms with van der Waals surface area (Å²) in [6.07, 6.45) is 1.84. The van der Waals surface area contributed by atoms with E-state index in [4.69, 9.17) is 5.73 Å². The van der Waals surface area contributed by atoms with Crippen molar-refractivity contribution in [2.24, 2.45) is 11.7 Å². The number of nitriles is 1. The number of rotatable bonds is 4. The van der Waals surface area contributed by atoms with Crippen LogP contribution in [0, 0.1) is 17.2 Å². The van der Waals surface area contributed by atoms with Gasteiger partial charge in [-0.2, -0.15) is 5.26 Å². The van der Waals surface area contributed by atoms with Crippen LogP contribution < -0.4 is 5.73 Å². The second-order valence-corrected chi connectivity index (χ2v) is 5.70. The van der Waals surface area contributed by atoms with Crippen LogP contribution in [0.4, 0.5) is 0 Å². The first kappa shape index (κ1) is 14.0. The van der Waals surface area contributed by atoms with Gasteiger partial charge in [-0.05, 0) is 44.0 Å². The van der Waals surface area contributed by atoms with Crippen LogP contribution in [-0.4, -0.2) is 31.1 Å². The van der Waals surface area contributed by atoms with Gasteiger partial charge in [0, 0.05) is 6.54 Å².